The number of carbonyl (C=O) groups excluding carboxylic acids is 2. The molecule has 0 aliphatic rings. The summed E-state index contributed by atoms with van der Waals surface area (Å²) in [7, 11) is 0. The van der Waals surface area contributed by atoms with Gasteiger partial charge < -0.3 is 19.5 Å². The maximum Gasteiger partial charge on any atom is 0.298 e. The van der Waals surface area contributed by atoms with Crippen LogP contribution >= 0.6 is 11.6 Å². The van der Waals surface area contributed by atoms with Gasteiger partial charge in [0.2, 0.25) is 0 Å². The van der Waals surface area contributed by atoms with E-state index in [1.807, 2.05) is 92.7 Å². The number of pyridine rings is 1. The fraction of sp³-hybridized carbons (Fsp3) is 0.0750. The lowest BCUT2D eigenvalue weighted by Crippen LogP contribution is -2.13. The molecule has 7 nitrogen and oxygen atoms in total. The third-order valence-corrected chi connectivity index (χ3v) is 7.87. The summed E-state index contributed by atoms with van der Waals surface area (Å²) in [5.41, 5.74) is 6.90. The molecular formula is C40H31ClN2O5. The van der Waals surface area contributed by atoms with Crippen LogP contribution in [-0.2, 0) is 11.4 Å². The molecule has 238 valence electrons. The van der Waals surface area contributed by atoms with Gasteiger partial charge in [-0.25, -0.2) is 4.98 Å². The Labute approximate surface area is 283 Å². The Hall–Kier alpha value is -5.92. The lowest BCUT2D eigenvalue weighted by atomic mass is 9.92. The van der Waals surface area contributed by atoms with E-state index in [4.69, 9.17) is 25.8 Å². The molecule has 1 heterocycles. The average molecular weight is 655 g/mol. The van der Waals surface area contributed by atoms with Crippen molar-refractivity contribution < 1.29 is 23.8 Å². The highest BCUT2D eigenvalue weighted by Gasteiger charge is 2.19. The second kappa shape index (κ2) is 14.7. The van der Waals surface area contributed by atoms with Crippen molar-refractivity contribution in [2.45, 2.75) is 20.5 Å². The zero-order valence-corrected chi connectivity index (χ0v) is 27.0. The van der Waals surface area contributed by atoms with Gasteiger partial charge in [0, 0.05) is 17.3 Å². The highest BCUT2D eigenvalue weighted by Crippen LogP contribution is 2.41. The highest BCUT2D eigenvalue weighted by atomic mass is 35.5. The Morgan fingerprint density at radius 2 is 1.50 bits per heavy atom. The summed E-state index contributed by atoms with van der Waals surface area (Å²) in [6.45, 7) is 4.70. The van der Waals surface area contributed by atoms with E-state index in [-0.39, 0.29) is 11.7 Å². The summed E-state index contributed by atoms with van der Waals surface area (Å²) < 4.78 is 17.3. The van der Waals surface area contributed by atoms with E-state index < -0.39 is 0 Å². The molecule has 0 saturated heterocycles. The van der Waals surface area contributed by atoms with Gasteiger partial charge in [0.25, 0.3) is 12.4 Å². The SMILES string of the molecule is Cc1cccc(OCc2ccc(-c3cc(OC=O)c(NC(=O)c4ccc(Oc5ccccc5)cc4)cc3-c3cnc(Cl)cc3C)cc2)c1. The summed E-state index contributed by atoms with van der Waals surface area (Å²) in [6, 6.07) is 37.3. The highest BCUT2D eigenvalue weighted by molar-refractivity contribution is 6.29. The van der Waals surface area contributed by atoms with E-state index in [9.17, 15) is 9.59 Å². The number of aryl methyl sites for hydroxylation is 2. The molecule has 0 aliphatic carbocycles. The predicted molar refractivity (Wildman–Crippen MR) is 188 cm³/mol. The van der Waals surface area contributed by atoms with Gasteiger partial charge in [-0.2, -0.15) is 0 Å². The molecule has 8 heteroatoms. The number of para-hydroxylation sites is 1. The summed E-state index contributed by atoms with van der Waals surface area (Å²) in [6.07, 6.45) is 1.69. The first kappa shape index (κ1) is 32.0. The van der Waals surface area contributed by atoms with Gasteiger partial charge in [-0.3, -0.25) is 9.59 Å². The molecule has 1 amide bonds. The van der Waals surface area contributed by atoms with E-state index in [0.717, 1.165) is 44.7 Å². The number of nitrogens with zero attached hydrogens (tertiary/aromatic N) is 1. The van der Waals surface area contributed by atoms with Crippen LogP contribution in [0.5, 0.6) is 23.0 Å². The Morgan fingerprint density at radius 3 is 2.21 bits per heavy atom. The van der Waals surface area contributed by atoms with Crippen LogP contribution in [0.15, 0.2) is 128 Å². The van der Waals surface area contributed by atoms with Crippen LogP contribution in [0.1, 0.15) is 27.0 Å². The minimum atomic E-state index is -0.389. The number of halogens is 1. The standard InChI is InChI=1S/C40H31ClN2O5/c1-26-7-6-10-33(19-26)46-24-28-11-13-29(14-12-28)34-22-38(47-25-44)37(21-35(34)36-23-42-39(41)20-27(36)2)43-40(45)30-15-17-32(18-16-30)48-31-8-4-3-5-9-31/h3-23,25H,24H2,1-2H3,(H,43,45). The molecule has 0 atom stereocenters. The number of rotatable bonds is 11. The third kappa shape index (κ3) is 7.71. The summed E-state index contributed by atoms with van der Waals surface area (Å²) >= 11 is 6.20. The van der Waals surface area contributed by atoms with Crippen molar-refractivity contribution in [3.63, 3.8) is 0 Å². The third-order valence-electron chi connectivity index (χ3n) is 7.67. The van der Waals surface area contributed by atoms with Gasteiger partial charge >= 0.3 is 0 Å². The summed E-state index contributed by atoms with van der Waals surface area (Å²) in [5, 5.41) is 3.28. The van der Waals surface area contributed by atoms with Crippen molar-refractivity contribution in [2.75, 3.05) is 5.32 Å². The van der Waals surface area contributed by atoms with Gasteiger partial charge in [0.05, 0.1) is 5.69 Å². The van der Waals surface area contributed by atoms with Crippen LogP contribution < -0.4 is 19.5 Å². The zero-order valence-electron chi connectivity index (χ0n) is 26.3. The average Bonchev–Trinajstić information content (AvgIpc) is 3.09. The van der Waals surface area contributed by atoms with Gasteiger partial charge in [-0.15, -0.1) is 0 Å². The lowest BCUT2D eigenvalue weighted by molar-refractivity contribution is -0.120. The number of hydrogen-bond acceptors (Lipinski definition) is 6. The number of anilines is 1. The van der Waals surface area contributed by atoms with Crippen LogP contribution in [0, 0.1) is 13.8 Å². The van der Waals surface area contributed by atoms with E-state index in [1.54, 1.807) is 48.7 Å². The number of carbonyl (C=O) groups is 2. The number of aromatic nitrogens is 1. The van der Waals surface area contributed by atoms with E-state index in [2.05, 4.69) is 10.3 Å². The Kier molecular flexibility index (Phi) is 9.79. The van der Waals surface area contributed by atoms with E-state index in [1.165, 1.54) is 0 Å². The lowest BCUT2D eigenvalue weighted by Gasteiger charge is -2.18. The molecule has 0 spiro atoms. The quantitative estimate of drug-likeness (QED) is 0.111. The molecule has 0 bridgehead atoms. The first-order valence-electron chi connectivity index (χ1n) is 15.2. The zero-order chi connectivity index (χ0) is 33.5. The number of benzene rings is 5. The van der Waals surface area contributed by atoms with Gasteiger partial charge in [-0.1, -0.05) is 66.2 Å². The molecular weight excluding hydrogens is 624 g/mol. The molecule has 6 aromatic rings. The second-order valence-electron chi connectivity index (χ2n) is 11.1. The van der Waals surface area contributed by atoms with Gasteiger partial charge in [0.1, 0.15) is 29.0 Å². The first-order valence-corrected chi connectivity index (χ1v) is 15.6. The first-order chi connectivity index (χ1) is 23.4. The van der Waals surface area contributed by atoms with Gasteiger partial charge in [-0.05, 0) is 114 Å². The Bertz CT molecular complexity index is 2060. The van der Waals surface area contributed by atoms with Crippen LogP contribution in [0.3, 0.4) is 0 Å². The molecule has 0 fully saturated rings. The minimum absolute atomic E-state index is 0.188. The van der Waals surface area contributed by atoms with Crippen molar-refractivity contribution in [2.24, 2.45) is 0 Å². The largest absolute Gasteiger partial charge is 0.489 e. The fourth-order valence-corrected chi connectivity index (χ4v) is 5.45. The molecule has 48 heavy (non-hydrogen) atoms. The smallest absolute Gasteiger partial charge is 0.298 e. The fourth-order valence-electron chi connectivity index (χ4n) is 5.24. The van der Waals surface area contributed by atoms with Crippen molar-refractivity contribution in [1.29, 1.82) is 0 Å². The summed E-state index contributed by atoms with van der Waals surface area (Å²) in [5.74, 6) is 1.88. The molecule has 0 aliphatic heterocycles. The predicted octanol–water partition coefficient (Wildman–Crippen LogP) is 9.84. The van der Waals surface area contributed by atoms with Crippen molar-refractivity contribution in [3.05, 3.63) is 155 Å². The second-order valence-corrected chi connectivity index (χ2v) is 11.5. The van der Waals surface area contributed by atoms with Crippen LogP contribution in [0.2, 0.25) is 5.15 Å². The molecule has 1 N–H and O–H groups in total. The number of hydrogen-bond donors (Lipinski definition) is 1. The van der Waals surface area contributed by atoms with E-state index in [0.29, 0.717) is 41.0 Å². The number of ether oxygens (including phenoxy) is 3. The minimum Gasteiger partial charge on any atom is -0.489 e. The van der Waals surface area contributed by atoms with Gasteiger partial charge in [0.15, 0.2) is 5.75 Å². The monoisotopic (exact) mass is 654 g/mol. The molecule has 5 aromatic carbocycles. The molecule has 0 saturated carbocycles. The molecule has 0 unspecified atom stereocenters. The maximum absolute atomic E-state index is 13.4. The van der Waals surface area contributed by atoms with Crippen molar-refractivity contribution >= 4 is 29.7 Å². The van der Waals surface area contributed by atoms with Crippen molar-refractivity contribution in [1.82, 2.24) is 4.98 Å². The summed E-state index contributed by atoms with van der Waals surface area (Å²) in [4.78, 5) is 29.4. The topological polar surface area (TPSA) is 86.8 Å². The van der Waals surface area contributed by atoms with Crippen LogP contribution in [0.25, 0.3) is 22.3 Å². The van der Waals surface area contributed by atoms with E-state index >= 15 is 0 Å². The number of nitrogens with one attached hydrogen (secondary N) is 1. The normalized spacial score (nSPS) is 10.6. The van der Waals surface area contributed by atoms with Crippen LogP contribution in [-0.4, -0.2) is 17.4 Å². The number of amides is 1. The maximum atomic E-state index is 13.4. The van der Waals surface area contributed by atoms with Crippen molar-refractivity contribution in [3.8, 4) is 45.3 Å². The molecule has 1 aromatic heterocycles. The Morgan fingerprint density at radius 1 is 0.771 bits per heavy atom. The Balaban J connectivity index is 1.31. The molecule has 6 rings (SSSR count). The molecule has 0 radical (unpaired) electrons. The van der Waals surface area contributed by atoms with Crippen LogP contribution in [0.4, 0.5) is 5.69 Å².